The lowest BCUT2D eigenvalue weighted by molar-refractivity contribution is -0.115. The molecule has 2 N–H and O–H groups in total. The molecule has 1 unspecified atom stereocenters. The van der Waals surface area contributed by atoms with Gasteiger partial charge >= 0.3 is 0 Å². The number of amides is 1. The SMILES string of the molecule is CNS(=O)c1cc(NC(=O)Cc2ccc(Cl)cc2)ccc1-c1ccc(Cl)nc1. The molecule has 0 aliphatic carbocycles. The predicted molar refractivity (Wildman–Crippen MR) is 114 cm³/mol. The van der Waals surface area contributed by atoms with Crippen LogP contribution in [0.1, 0.15) is 5.56 Å². The van der Waals surface area contributed by atoms with Gasteiger partial charge in [0.25, 0.3) is 0 Å². The van der Waals surface area contributed by atoms with Crippen LogP contribution in [0.15, 0.2) is 65.7 Å². The summed E-state index contributed by atoms with van der Waals surface area (Å²) in [7, 11) is 0.153. The first-order valence-electron chi connectivity index (χ1n) is 8.35. The number of carbonyl (C=O) groups excluding carboxylic acids is 1. The van der Waals surface area contributed by atoms with Gasteiger partial charge in [0.2, 0.25) is 5.91 Å². The summed E-state index contributed by atoms with van der Waals surface area (Å²) in [5, 5.41) is 3.84. The maximum absolute atomic E-state index is 12.5. The van der Waals surface area contributed by atoms with Crippen LogP contribution in [-0.4, -0.2) is 22.1 Å². The molecule has 0 fully saturated rings. The highest BCUT2D eigenvalue weighted by atomic mass is 35.5. The lowest BCUT2D eigenvalue weighted by Crippen LogP contribution is -2.16. The monoisotopic (exact) mass is 433 g/mol. The Morgan fingerprint density at radius 2 is 1.82 bits per heavy atom. The van der Waals surface area contributed by atoms with E-state index in [1.807, 2.05) is 0 Å². The fourth-order valence-electron chi connectivity index (χ4n) is 2.63. The highest BCUT2D eigenvalue weighted by Gasteiger charge is 2.13. The molecule has 8 heteroatoms. The number of hydrogen-bond acceptors (Lipinski definition) is 3. The minimum absolute atomic E-state index is 0.176. The van der Waals surface area contributed by atoms with Crippen LogP contribution in [0.4, 0.5) is 5.69 Å². The van der Waals surface area contributed by atoms with Crippen molar-refractivity contribution in [2.24, 2.45) is 0 Å². The summed E-state index contributed by atoms with van der Waals surface area (Å²) in [5.74, 6) is -0.176. The largest absolute Gasteiger partial charge is 0.326 e. The van der Waals surface area contributed by atoms with Crippen molar-refractivity contribution in [1.82, 2.24) is 9.71 Å². The lowest BCUT2D eigenvalue weighted by Gasteiger charge is -2.12. The molecular formula is C20H17Cl2N3O2S. The molecule has 2 aromatic carbocycles. The third kappa shape index (κ3) is 5.17. The average Bonchev–Trinajstić information content (AvgIpc) is 2.70. The summed E-state index contributed by atoms with van der Waals surface area (Å²) in [4.78, 5) is 17.0. The third-order valence-corrected chi connectivity index (χ3v) is 5.55. The zero-order valence-corrected chi connectivity index (χ0v) is 17.2. The van der Waals surface area contributed by atoms with Gasteiger partial charge in [-0.25, -0.2) is 13.9 Å². The normalized spacial score (nSPS) is 11.8. The second-order valence-electron chi connectivity index (χ2n) is 5.90. The summed E-state index contributed by atoms with van der Waals surface area (Å²) in [6.45, 7) is 0. The first-order chi connectivity index (χ1) is 13.5. The van der Waals surface area contributed by atoms with Crippen molar-refractivity contribution in [2.75, 3.05) is 12.4 Å². The van der Waals surface area contributed by atoms with E-state index in [2.05, 4.69) is 15.0 Å². The molecule has 1 heterocycles. The van der Waals surface area contributed by atoms with E-state index < -0.39 is 11.0 Å². The van der Waals surface area contributed by atoms with Gasteiger partial charge in [-0.1, -0.05) is 41.4 Å². The van der Waals surface area contributed by atoms with E-state index in [-0.39, 0.29) is 12.3 Å². The van der Waals surface area contributed by atoms with E-state index in [0.29, 0.717) is 20.8 Å². The van der Waals surface area contributed by atoms with Crippen molar-refractivity contribution in [3.05, 3.63) is 76.5 Å². The topological polar surface area (TPSA) is 71.1 Å². The van der Waals surface area contributed by atoms with E-state index in [4.69, 9.17) is 23.2 Å². The Morgan fingerprint density at radius 1 is 1.07 bits per heavy atom. The molecule has 144 valence electrons. The van der Waals surface area contributed by atoms with E-state index in [9.17, 15) is 9.00 Å². The van der Waals surface area contributed by atoms with Gasteiger partial charge in [-0.3, -0.25) is 4.79 Å². The summed E-state index contributed by atoms with van der Waals surface area (Å²) in [6.07, 6.45) is 1.83. The third-order valence-electron chi connectivity index (χ3n) is 3.97. The van der Waals surface area contributed by atoms with Crippen LogP contribution in [0.5, 0.6) is 0 Å². The number of anilines is 1. The van der Waals surface area contributed by atoms with Gasteiger partial charge in [0, 0.05) is 28.0 Å². The molecule has 3 aromatic rings. The van der Waals surface area contributed by atoms with Gasteiger partial charge in [-0.05, 0) is 49.0 Å². The number of benzene rings is 2. The second kappa shape index (κ2) is 9.30. The van der Waals surface area contributed by atoms with Crippen molar-refractivity contribution in [1.29, 1.82) is 0 Å². The minimum atomic E-state index is -1.45. The summed E-state index contributed by atoms with van der Waals surface area (Å²) in [5.41, 5.74) is 2.93. The van der Waals surface area contributed by atoms with E-state index in [0.717, 1.165) is 16.7 Å². The number of carbonyl (C=O) groups is 1. The Kier molecular flexibility index (Phi) is 6.80. The van der Waals surface area contributed by atoms with Crippen LogP contribution in [0.3, 0.4) is 0 Å². The molecule has 3 rings (SSSR count). The molecule has 0 aliphatic heterocycles. The number of aromatic nitrogens is 1. The first-order valence-corrected chi connectivity index (χ1v) is 10.3. The van der Waals surface area contributed by atoms with Crippen LogP contribution in [-0.2, 0) is 22.2 Å². The van der Waals surface area contributed by atoms with Crippen molar-refractivity contribution in [3.63, 3.8) is 0 Å². The Morgan fingerprint density at radius 3 is 2.46 bits per heavy atom. The van der Waals surface area contributed by atoms with E-state index in [1.165, 1.54) is 0 Å². The number of nitrogens with zero attached hydrogens (tertiary/aromatic N) is 1. The highest BCUT2D eigenvalue weighted by molar-refractivity contribution is 7.83. The van der Waals surface area contributed by atoms with Gasteiger partial charge in [-0.15, -0.1) is 0 Å². The van der Waals surface area contributed by atoms with Gasteiger partial charge in [-0.2, -0.15) is 0 Å². The fourth-order valence-corrected chi connectivity index (χ4v) is 3.71. The number of rotatable bonds is 6. The Bertz CT molecular complexity index is 1010. The zero-order valence-electron chi connectivity index (χ0n) is 14.9. The van der Waals surface area contributed by atoms with E-state index >= 15 is 0 Å². The molecule has 0 radical (unpaired) electrons. The Hall–Kier alpha value is -2.25. The van der Waals surface area contributed by atoms with Crippen molar-refractivity contribution in [3.8, 4) is 11.1 Å². The Labute approximate surface area is 175 Å². The molecule has 0 spiro atoms. The van der Waals surface area contributed by atoms with Gasteiger partial charge in [0.15, 0.2) is 0 Å². The van der Waals surface area contributed by atoms with Crippen LogP contribution in [0.25, 0.3) is 11.1 Å². The number of pyridine rings is 1. The van der Waals surface area contributed by atoms with Crippen molar-refractivity contribution in [2.45, 2.75) is 11.3 Å². The maximum Gasteiger partial charge on any atom is 0.228 e. The van der Waals surface area contributed by atoms with Gasteiger partial charge in [0.1, 0.15) is 16.1 Å². The molecule has 0 saturated heterocycles. The molecule has 1 aromatic heterocycles. The molecule has 1 atom stereocenters. The summed E-state index contributed by atoms with van der Waals surface area (Å²) in [6, 6.07) is 15.8. The van der Waals surface area contributed by atoms with Gasteiger partial charge in [0.05, 0.1) is 11.3 Å². The van der Waals surface area contributed by atoms with Crippen LogP contribution >= 0.6 is 23.2 Å². The standard InChI is InChI=1S/C20H17Cl2N3O2S/c1-23-28(27)18-11-16(7-8-17(18)14-4-9-19(22)24-12-14)25-20(26)10-13-2-5-15(21)6-3-13/h2-9,11-12,23H,10H2,1H3,(H,25,26). The number of halogens is 2. The fraction of sp³-hybridized carbons (Fsp3) is 0.100. The maximum atomic E-state index is 12.5. The smallest absolute Gasteiger partial charge is 0.228 e. The molecule has 0 bridgehead atoms. The molecule has 0 saturated carbocycles. The van der Waals surface area contributed by atoms with Crippen LogP contribution < -0.4 is 10.0 Å². The first kappa shape index (κ1) is 20.5. The highest BCUT2D eigenvalue weighted by Crippen LogP contribution is 2.29. The van der Waals surface area contributed by atoms with Gasteiger partial charge < -0.3 is 5.32 Å². The second-order valence-corrected chi connectivity index (χ2v) is 8.11. The quantitative estimate of drug-likeness (QED) is 0.562. The molecule has 1 amide bonds. The Balaban J connectivity index is 1.84. The van der Waals surface area contributed by atoms with E-state index in [1.54, 1.807) is 67.8 Å². The molecular weight excluding hydrogens is 417 g/mol. The zero-order chi connectivity index (χ0) is 20.1. The van der Waals surface area contributed by atoms with Crippen LogP contribution in [0, 0.1) is 0 Å². The molecule has 28 heavy (non-hydrogen) atoms. The summed E-state index contributed by atoms with van der Waals surface area (Å²) >= 11 is 11.7. The predicted octanol–water partition coefficient (Wildman–Crippen LogP) is 4.48. The average molecular weight is 434 g/mol. The minimum Gasteiger partial charge on any atom is -0.326 e. The van der Waals surface area contributed by atoms with Crippen LogP contribution in [0.2, 0.25) is 10.2 Å². The van der Waals surface area contributed by atoms with Crippen molar-refractivity contribution < 1.29 is 9.00 Å². The lowest BCUT2D eigenvalue weighted by atomic mass is 10.1. The number of nitrogens with one attached hydrogen (secondary N) is 2. The van der Waals surface area contributed by atoms with Crippen molar-refractivity contribution >= 4 is 45.8 Å². The molecule has 0 aliphatic rings. The summed E-state index contributed by atoms with van der Waals surface area (Å²) < 4.78 is 15.2. The molecule has 5 nitrogen and oxygen atoms in total. The number of hydrogen-bond donors (Lipinski definition) is 2.